The second-order valence-corrected chi connectivity index (χ2v) is 7.52. The van der Waals surface area contributed by atoms with Crippen LogP contribution < -0.4 is 4.74 Å². The Kier molecular flexibility index (Phi) is 9.47. The third-order valence-corrected chi connectivity index (χ3v) is 4.98. The van der Waals surface area contributed by atoms with Crippen molar-refractivity contribution in [2.24, 2.45) is 0 Å². The van der Waals surface area contributed by atoms with Gasteiger partial charge in [-0.05, 0) is 37.1 Å². The number of hydrogen-bond donors (Lipinski definition) is 0. The highest BCUT2D eigenvalue weighted by Crippen LogP contribution is 2.29. The van der Waals surface area contributed by atoms with Crippen LogP contribution in [0.1, 0.15) is 62.7 Å². The van der Waals surface area contributed by atoms with Crippen LogP contribution in [-0.4, -0.2) is 24.9 Å². The quantitative estimate of drug-likeness (QED) is 0.199. The van der Waals surface area contributed by atoms with Gasteiger partial charge in [0.15, 0.2) is 17.7 Å². The highest BCUT2D eigenvalue weighted by Gasteiger charge is 2.39. The van der Waals surface area contributed by atoms with E-state index in [1.165, 1.54) is 37.8 Å². The molecule has 0 bridgehead atoms. The van der Waals surface area contributed by atoms with Gasteiger partial charge in [-0.1, -0.05) is 57.2 Å². The second kappa shape index (κ2) is 11.8. The Balaban J connectivity index is 2.00. The molecule has 2 rings (SSSR count). The standard InChI is InChI=1S/C24H27F5O3/c1-3-4-5-6-7-8-15-31-18-11-9-17(10-12-18)19-13-14-20(22(26)21(19)25)23(30)32-16(2)24(27,28)29/h9-14,16H,3-8,15H2,1-2H3. The second-order valence-electron chi connectivity index (χ2n) is 7.52. The lowest BCUT2D eigenvalue weighted by Crippen LogP contribution is -2.31. The number of unbranched alkanes of at least 4 members (excludes halogenated alkanes) is 5. The van der Waals surface area contributed by atoms with Gasteiger partial charge < -0.3 is 9.47 Å². The molecule has 0 aliphatic carbocycles. The first-order chi connectivity index (χ1) is 15.1. The van der Waals surface area contributed by atoms with Gasteiger partial charge in [0.05, 0.1) is 12.2 Å². The average Bonchev–Trinajstić information content (AvgIpc) is 2.74. The highest BCUT2D eigenvalue weighted by atomic mass is 19.4. The molecule has 1 unspecified atom stereocenters. The van der Waals surface area contributed by atoms with Crippen LogP contribution in [-0.2, 0) is 4.74 Å². The lowest BCUT2D eigenvalue weighted by atomic mass is 10.0. The SMILES string of the molecule is CCCCCCCCOc1ccc(-c2ccc(C(=O)OC(C)C(F)(F)F)c(F)c2F)cc1. The molecule has 0 heterocycles. The summed E-state index contributed by atoms with van der Waals surface area (Å²) in [6.07, 6.45) is -0.435. The number of ether oxygens (including phenoxy) is 2. The molecule has 0 saturated heterocycles. The molecule has 0 aromatic heterocycles. The minimum Gasteiger partial charge on any atom is -0.494 e. The molecule has 0 saturated carbocycles. The predicted molar refractivity (Wildman–Crippen MR) is 112 cm³/mol. The van der Waals surface area contributed by atoms with E-state index in [2.05, 4.69) is 11.7 Å². The van der Waals surface area contributed by atoms with Gasteiger partial charge in [-0.2, -0.15) is 13.2 Å². The Bertz CT molecular complexity index is 878. The van der Waals surface area contributed by atoms with Crippen molar-refractivity contribution in [3.63, 3.8) is 0 Å². The van der Waals surface area contributed by atoms with Crippen molar-refractivity contribution in [3.8, 4) is 16.9 Å². The summed E-state index contributed by atoms with van der Waals surface area (Å²) in [7, 11) is 0. The zero-order chi connectivity index (χ0) is 23.7. The lowest BCUT2D eigenvalue weighted by Gasteiger charge is -2.17. The van der Waals surface area contributed by atoms with Crippen molar-refractivity contribution in [1.29, 1.82) is 0 Å². The monoisotopic (exact) mass is 458 g/mol. The van der Waals surface area contributed by atoms with E-state index in [0.29, 0.717) is 24.8 Å². The molecule has 3 nitrogen and oxygen atoms in total. The number of esters is 1. The van der Waals surface area contributed by atoms with Crippen LogP contribution in [0.25, 0.3) is 11.1 Å². The first kappa shape index (κ1) is 25.6. The molecule has 0 spiro atoms. The molecule has 0 fully saturated rings. The van der Waals surface area contributed by atoms with Gasteiger partial charge >= 0.3 is 12.1 Å². The van der Waals surface area contributed by atoms with Crippen molar-refractivity contribution in [2.75, 3.05) is 6.61 Å². The molecule has 0 N–H and O–H groups in total. The number of carbonyl (C=O) groups is 1. The lowest BCUT2D eigenvalue weighted by molar-refractivity contribution is -0.198. The summed E-state index contributed by atoms with van der Waals surface area (Å²) in [5.74, 6) is -3.91. The Labute approximate surface area is 184 Å². The van der Waals surface area contributed by atoms with E-state index in [1.807, 2.05) is 0 Å². The van der Waals surface area contributed by atoms with Gasteiger partial charge in [0.2, 0.25) is 0 Å². The minimum absolute atomic E-state index is 0.134. The number of rotatable bonds is 11. The first-order valence-electron chi connectivity index (χ1n) is 10.6. The van der Waals surface area contributed by atoms with Crippen LogP contribution in [0, 0.1) is 11.6 Å². The highest BCUT2D eigenvalue weighted by molar-refractivity contribution is 5.90. The van der Waals surface area contributed by atoms with Gasteiger partial charge in [0.1, 0.15) is 5.75 Å². The van der Waals surface area contributed by atoms with Crippen molar-refractivity contribution < 1.29 is 36.2 Å². The fourth-order valence-electron chi connectivity index (χ4n) is 3.02. The topological polar surface area (TPSA) is 35.5 Å². The normalized spacial score (nSPS) is 12.5. The molecule has 0 aliphatic heterocycles. The minimum atomic E-state index is -4.80. The number of carbonyl (C=O) groups excluding carboxylic acids is 1. The molecule has 8 heteroatoms. The van der Waals surface area contributed by atoms with E-state index in [9.17, 15) is 26.7 Å². The Morgan fingerprint density at radius 2 is 1.53 bits per heavy atom. The molecule has 176 valence electrons. The predicted octanol–water partition coefficient (Wildman–Crippen LogP) is 7.48. The van der Waals surface area contributed by atoms with Crippen LogP contribution in [0.4, 0.5) is 22.0 Å². The first-order valence-corrected chi connectivity index (χ1v) is 10.6. The zero-order valence-corrected chi connectivity index (χ0v) is 18.1. The van der Waals surface area contributed by atoms with Crippen LogP contribution in [0.3, 0.4) is 0 Å². The third kappa shape index (κ3) is 7.21. The maximum absolute atomic E-state index is 14.5. The van der Waals surface area contributed by atoms with Gasteiger partial charge in [-0.25, -0.2) is 13.6 Å². The van der Waals surface area contributed by atoms with Crippen molar-refractivity contribution >= 4 is 5.97 Å². The summed E-state index contributed by atoms with van der Waals surface area (Å²) in [5, 5.41) is 0. The summed E-state index contributed by atoms with van der Waals surface area (Å²) in [5.41, 5.74) is -0.705. The Morgan fingerprint density at radius 3 is 2.16 bits per heavy atom. The molecule has 2 aromatic carbocycles. The maximum Gasteiger partial charge on any atom is 0.425 e. The number of hydrogen-bond acceptors (Lipinski definition) is 3. The largest absolute Gasteiger partial charge is 0.494 e. The molecule has 0 aliphatic rings. The summed E-state index contributed by atoms with van der Waals surface area (Å²) >= 11 is 0. The molecule has 1 atom stereocenters. The van der Waals surface area contributed by atoms with Gasteiger partial charge in [0.25, 0.3) is 0 Å². The Hall–Kier alpha value is -2.64. The van der Waals surface area contributed by atoms with Crippen LogP contribution >= 0.6 is 0 Å². The fourth-order valence-corrected chi connectivity index (χ4v) is 3.02. The summed E-state index contributed by atoms with van der Waals surface area (Å²) in [6.45, 7) is 3.33. The summed E-state index contributed by atoms with van der Waals surface area (Å²) in [6, 6.07) is 8.35. The van der Waals surface area contributed by atoms with Crippen molar-refractivity contribution in [1.82, 2.24) is 0 Å². The van der Waals surface area contributed by atoms with Crippen molar-refractivity contribution in [2.45, 2.75) is 64.7 Å². The molecular formula is C24H27F5O3. The average molecular weight is 458 g/mol. The van der Waals surface area contributed by atoms with Gasteiger partial charge in [-0.3, -0.25) is 0 Å². The molecule has 0 radical (unpaired) electrons. The summed E-state index contributed by atoms with van der Waals surface area (Å²) < 4.78 is 76.3. The van der Waals surface area contributed by atoms with Crippen LogP contribution in [0.15, 0.2) is 36.4 Å². The number of halogens is 5. The summed E-state index contributed by atoms with van der Waals surface area (Å²) in [4.78, 5) is 11.8. The van der Waals surface area contributed by atoms with Gasteiger partial charge in [-0.15, -0.1) is 0 Å². The van der Waals surface area contributed by atoms with Crippen LogP contribution in [0.5, 0.6) is 5.75 Å². The third-order valence-electron chi connectivity index (χ3n) is 4.98. The smallest absolute Gasteiger partial charge is 0.425 e. The molecule has 2 aromatic rings. The van der Waals surface area contributed by atoms with Gasteiger partial charge in [0, 0.05) is 5.56 Å². The van der Waals surface area contributed by atoms with E-state index in [4.69, 9.17) is 4.74 Å². The number of alkyl halides is 3. The number of benzene rings is 2. The fraction of sp³-hybridized carbons (Fsp3) is 0.458. The van der Waals surface area contributed by atoms with E-state index in [0.717, 1.165) is 25.0 Å². The Morgan fingerprint density at radius 1 is 0.906 bits per heavy atom. The van der Waals surface area contributed by atoms with E-state index in [1.54, 1.807) is 12.1 Å². The molecule has 32 heavy (non-hydrogen) atoms. The van der Waals surface area contributed by atoms with Crippen molar-refractivity contribution in [3.05, 3.63) is 53.6 Å². The van der Waals surface area contributed by atoms with E-state index >= 15 is 0 Å². The zero-order valence-electron chi connectivity index (χ0n) is 18.1. The van der Waals surface area contributed by atoms with E-state index < -0.39 is 35.4 Å². The molecule has 0 amide bonds. The van der Waals surface area contributed by atoms with E-state index in [-0.39, 0.29) is 5.56 Å². The van der Waals surface area contributed by atoms with Crippen LogP contribution in [0.2, 0.25) is 0 Å². The maximum atomic E-state index is 14.5. The molecular weight excluding hydrogens is 431 g/mol.